The Kier molecular flexibility index (Phi) is 4.07. The molecular weight excluding hydrogens is 403 g/mol. The lowest BCUT2D eigenvalue weighted by atomic mass is 10.0. The SMILES string of the molecule is Cc1cncc(-c2cc3c(-c4cc5c(-c6ccc(F)cc6)cncc5[nH]4)n[nH]c3cn2)c1. The third-order valence-electron chi connectivity index (χ3n) is 5.57. The van der Waals surface area contributed by atoms with Gasteiger partial charge in [-0.2, -0.15) is 5.10 Å². The molecule has 154 valence electrons. The molecule has 0 amide bonds. The number of aryl methyl sites for hydroxylation is 1. The van der Waals surface area contributed by atoms with E-state index in [1.54, 1.807) is 30.7 Å². The zero-order chi connectivity index (χ0) is 21.7. The molecule has 0 unspecified atom stereocenters. The first-order chi connectivity index (χ1) is 15.7. The minimum Gasteiger partial charge on any atom is -0.352 e. The number of pyridine rings is 3. The molecule has 1 aromatic carbocycles. The maximum atomic E-state index is 13.4. The number of hydrogen-bond donors (Lipinski definition) is 2. The second-order valence-corrected chi connectivity index (χ2v) is 7.78. The van der Waals surface area contributed by atoms with Crippen molar-refractivity contribution in [1.29, 1.82) is 0 Å². The Morgan fingerprint density at radius 2 is 1.62 bits per heavy atom. The van der Waals surface area contributed by atoms with Crippen molar-refractivity contribution >= 4 is 21.8 Å². The quantitative estimate of drug-likeness (QED) is 0.386. The van der Waals surface area contributed by atoms with E-state index in [0.717, 1.165) is 61.1 Å². The Morgan fingerprint density at radius 1 is 0.781 bits per heavy atom. The van der Waals surface area contributed by atoms with Crippen LogP contribution in [0.2, 0.25) is 0 Å². The highest BCUT2D eigenvalue weighted by molar-refractivity contribution is 6.01. The lowest BCUT2D eigenvalue weighted by molar-refractivity contribution is 0.628. The number of aromatic nitrogens is 6. The van der Waals surface area contributed by atoms with Crippen LogP contribution < -0.4 is 0 Å². The molecule has 7 heteroatoms. The van der Waals surface area contributed by atoms with Crippen LogP contribution in [0.5, 0.6) is 0 Å². The first-order valence-corrected chi connectivity index (χ1v) is 10.1. The van der Waals surface area contributed by atoms with Crippen LogP contribution in [0, 0.1) is 12.7 Å². The molecule has 5 aromatic heterocycles. The van der Waals surface area contributed by atoms with E-state index in [-0.39, 0.29) is 5.82 Å². The van der Waals surface area contributed by atoms with Gasteiger partial charge in [-0.05, 0) is 48.4 Å². The summed E-state index contributed by atoms with van der Waals surface area (Å²) < 4.78 is 13.4. The number of rotatable bonds is 3. The fraction of sp³-hybridized carbons (Fsp3) is 0.0400. The molecule has 0 atom stereocenters. The second-order valence-electron chi connectivity index (χ2n) is 7.78. The summed E-state index contributed by atoms with van der Waals surface area (Å²) in [4.78, 5) is 16.6. The highest BCUT2D eigenvalue weighted by atomic mass is 19.1. The van der Waals surface area contributed by atoms with Gasteiger partial charge in [0.25, 0.3) is 0 Å². The minimum atomic E-state index is -0.264. The molecule has 6 rings (SSSR count). The van der Waals surface area contributed by atoms with Crippen LogP contribution in [0.4, 0.5) is 4.39 Å². The average Bonchev–Trinajstić information content (AvgIpc) is 3.43. The monoisotopic (exact) mass is 420 g/mol. The zero-order valence-corrected chi connectivity index (χ0v) is 17.1. The standard InChI is InChI=1S/C25H17FN6/c1-14-6-16(10-27-9-14)21-8-19-24(13-29-21)31-32-25(19)22-7-18-20(11-28-12-23(18)30-22)15-2-4-17(26)5-3-15/h2-13,30H,1H3,(H,31,32). The summed E-state index contributed by atoms with van der Waals surface area (Å²) in [6.07, 6.45) is 9.00. The van der Waals surface area contributed by atoms with Crippen molar-refractivity contribution in [2.24, 2.45) is 0 Å². The van der Waals surface area contributed by atoms with Gasteiger partial charge < -0.3 is 4.98 Å². The summed E-state index contributed by atoms with van der Waals surface area (Å²) in [5.74, 6) is -0.264. The minimum absolute atomic E-state index is 0.264. The Labute approximate surface area is 182 Å². The third kappa shape index (κ3) is 3.02. The summed E-state index contributed by atoms with van der Waals surface area (Å²) in [7, 11) is 0. The lowest BCUT2D eigenvalue weighted by Gasteiger charge is -2.02. The van der Waals surface area contributed by atoms with Crippen LogP contribution in [0.25, 0.3) is 55.6 Å². The first-order valence-electron chi connectivity index (χ1n) is 10.1. The third-order valence-corrected chi connectivity index (χ3v) is 5.57. The summed E-state index contributed by atoms with van der Waals surface area (Å²) in [6.45, 7) is 2.01. The first kappa shape index (κ1) is 18.4. The van der Waals surface area contributed by atoms with Crippen molar-refractivity contribution in [2.45, 2.75) is 6.92 Å². The average molecular weight is 420 g/mol. The number of benzene rings is 1. The fourth-order valence-corrected chi connectivity index (χ4v) is 4.01. The van der Waals surface area contributed by atoms with Crippen LogP contribution in [0.15, 0.2) is 73.4 Å². The topological polar surface area (TPSA) is 83.1 Å². The number of hydrogen-bond acceptors (Lipinski definition) is 4. The molecule has 2 N–H and O–H groups in total. The number of fused-ring (bicyclic) bond motifs is 2. The predicted molar refractivity (Wildman–Crippen MR) is 122 cm³/mol. The Morgan fingerprint density at radius 3 is 2.47 bits per heavy atom. The van der Waals surface area contributed by atoms with E-state index in [9.17, 15) is 4.39 Å². The van der Waals surface area contributed by atoms with Gasteiger partial charge in [0.05, 0.1) is 34.8 Å². The molecule has 6 aromatic rings. The largest absolute Gasteiger partial charge is 0.352 e. The maximum absolute atomic E-state index is 13.4. The number of nitrogens with one attached hydrogen (secondary N) is 2. The Bertz CT molecular complexity index is 1600. The lowest BCUT2D eigenvalue weighted by Crippen LogP contribution is -1.86. The Hall–Kier alpha value is -4.39. The highest BCUT2D eigenvalue weighted by Gasteiger charge is 2.15. The van der Waals surface area contributed by atoms with Gasteiger partial charge >= 0.3 is 0 Å². The summed E-state index contributed by atoms with van der Waals surface area (Å²) in [5.41, 5.74) is 8.09. The van der Waals surface area contributed by atoms with Gasteiger partial charge in [0.15, 0.2) is 0 Å². The molecule has 0 saturated carbocycles. The van der Waals surface area contributed by atoms with Gasteiger partial charge in [-0.1, -0.05) is 12.1 Å². The number of aromatic amines is 2. The highest BCUT2D eigenvalue weighted by Crippen LogP contribution is 2.34. The number of halogens is 1. The van der Waals surface area contributed by atoms with Crippen molar-refractivity contribution < 1.29 is 4.39 Å². The Balaban J connectivity index is 1.50. The number of nitrogens with zero attached hydrogens (tertiary/aromatic N) is 4. The van der Waals surface area contributed by atoms with Crippen LogP contribution in [0.1, 0.15) is 5.56 Å². The fourth-order valence-electron chi connectivity index (χ4n) is 4.01. The molecule has 0 aliphatic heterocycles. The molecule has 0 bridgehead atoms. The molecule has 0 spiro atoms. The van der Waals surface area contributed by atoms with E-state index in [1.165, 1.54) is 12.1 Å². The van der Waals surface area contributed by atoms with E-state index >= 15 is 0 Å². The molecule has 0 saturated heterocycles. The van der Waals surface area contributed by atoms with E-state index in [0.29, 0.717) is 0 Å². The van der Waals surface area contributed by atoms with Crippen molar-refractivity contribution in [3.05, 3.63) is 84.8 Å². The van der Waals surface area contributed by atoms with Crippen LogP contribution in [-0.2, 0) is 0 Å². The summed E-state index contributed by atoms with van der Waals surface area (Å²) >= 11 is 0. The van der Waals surface area contributed by atoms with Crippen molar-refractivity contribution in [3.63, 3.8) is 0 Å². The van der Waals surface area contributed by atoms with Crippen molar-refractivity contribution in [1.82, 2.24) is 30.1 Å². The van der Waals surface area contributed by atoms with Gasteiger partial charge in [0.1, 0.15) is 11.5 Å². The molecule has 32 heavy (non-hydrogen) atoms. The van der Waals surface area contributed by atoms with Gasteiger partial charge in [-0.15, -0.1) is 0 Å². The molecule has 6 nitrogen and oxygen atoms in total. The van der Waals surface area contributed by atoms with Gasteiger partial charge in [-0.25, -0.2) is 4.39 Å². The van der Waals surface area contributed by atoms with Crippen LogP contribution in [-0.4, -0.2) is 30.1 Å². The molecule has 0 radical (unpaired) electrons. The molecule has 0 fully saturated rings. The molecule has 0 aliphatic carbocycles. The molecule has 5 heterocycles. The maximum Gasteiger partial charge on any atom is 0.123 e. The van der Waals surface area contributed by atoms with Gasteiger partial charge in [-0.3, -0.25) is 20.1 Å². The zero-order valence-electron chi connectivity index (χ0n) is 17.1. The molecular formula is C25H17FN6. The van der Waals surface area contributed by atoms with Crippen LogP contribution in [0.3, 0.4) is 0 Å². The van der Waals surface area contributed by atoms with Gasteiger partial charge in [0, 0.05) is 40.5 Å². The van der Waals surface area contributed by atoms with Crippen molar-refractivity contribution in [3.8, 4) is 33.8 Å². The summed E-state index contributed by atoms with van der Waals surface area (Å²) in [6, 6.07) is 12.6. The smallest absolute Gasteiger partial charge is 0.123 e. The van der Waals surface area contributed by atoms with Crippen molar-refractivity contribution in [2.75, 3.05) is 0 Å². The van der Waals surface area contributed by atoms with E-state index in [1.807, 2.05) is 25.4 Å². The van der Waals surface area contributed by atoms with E-state index in [2.05, 4.69) is 42.3 Å². The number of H-pyrrole nitrogens is 2. The van der Waals surface area contributed by atoms with Gasteiger partial charge in [0.2, 0.25) is 0 Å². The van der Waals surface area contributed by atoms with E-state index < -0.39 is 0 Å². The second kappa shape index (κ2) is 7.09. The van der Waals surface area contributed by atoms with Crippen LogP contribution >= 0.6 is 0 Å². The summed E-state index contributed by atoms with van der Waals surface area (Å²) in [5, 5.41) is 9.57. The normalized spacial score (nSPS) is 11.4. The molecule has 0 aliphatic rings. The predicted octanol–water partition coefficient (Wildman–Crippen LogP) is 5.68. The van der Waals surface area contributed by atoms with E-state index in [4.69, 9.17) is 0 Å².